The molecule has 3 aliphatic rings. The van der Waals surface area contributed by atoms with E-state index >= 15 is 0 Å². The van der Waals surface area contributed by atoms with Crippen LogP contribution in [0.1, 0.15) is 33.1 Å². The zero-order valence-corrected chi connectivity index (χ0v) is 16.5. The first kappa shape index (κ1) is 17.6. The van der Waals surface area contributed by atoms with Crippen molar-refractivity contribution >= 4 is 11.5 Å². The third kappa shape index (κ3) is 2.87. The minimum atomic E-state index is 0.506. The standard InChI is InChI=1S/C24H27N3/c1-16(2)15-22-25-24-23(18(4)27(22)19-11-7-6-8-12-19)17(3)20-13-9-10-14-21(20)26(24)5/h6-8,11-14,16H,3-4,9-10,15H2,1-2,5H3. The number of amidine groups is 1. The summed E-state index contributed by atoms with van der Waals surface area (Å²) < 4.78 is 0. The Hall–Kier alpha value is -2.81. The molecule has 0 spiro atoms. The van der Waals surface area contributed by atoms with Crippen molar-refractivity contribution in [2.24, 2.45) is 10.9 Å². The minimum absolute atomic E-state index is 0.506. The van der Waals surface area contributed by atoms with Gasteiger partial charge in [0, 0.05) is 36.0 Å². The lowest BCUT2D eigenvalue weighted by Gasteiger charge is -2.42. The van der Waals surface area contributed by atoms with Crippen molar-refractivity contribution in [3.63, 3.8) is 0 Å². The molecular formula is C24H27N3. The summed E-state index contributed by atoms with van der Waals surface area (Å²) in [6, 6.07) is 10.4. The maximum atomic E-state index is 5.13. The minimum Gasteiger partial charge on any atom is -0.329 e. The summed E-state index contributed by atoms with van der Waals surface area (Å²) in [7, 11) is 2.11. The third-order valence-electron chi connectivity index (χ3n) is 5.32. The van der Waals surface area contributed by atoms with Crippen LogP contribution < -0.4 is 4.90 Å². The molecule has 0 radical (unpaired) electrons. The molecule has 27 heavy (non-hydrogen) atoms. The van der Waals surface area contributed by atoms with Crippen LogP contribution in [0.4, 0.5) is 5.69 Å². The monoisotopic (exact) mass is 357 g/mol. The number of rotatable bonds is 3. The first-order chi connectivity index (χ1) is 13.0. The molecule has 0 bridgehead atoms. The Bertz CT molecular complexity index is 926. The average Bonchev–Trinajstić information content (AvgIpc) is 2.66. The van der Waals surface area contributed by atoms with Gasteiger partial charge in [0.15, 0.2) is 0 Å². The number of fused-ring (bicyclic) bond motifs is 1. The number of benzene rings is 1. The first-order valence-electron chi connectivity index (χ1n) is 9.69. The fourth-order valence-corrected chi connectivity index (χ4v) is 4.07. The summed E-state index contributed by atoms with van der Waals surface area (Å²) in [6.07, 6.45) is 7.62. The second kappa shape index (κ2) is 6.73. The zero-order chi connectivity index (χ0) is 19.1. The van der Waals surface area contributed by atoms with Crippen molar-refractivity contribution in [3.8, 4) is 0 Å². The lowest BCUT2D eigenvalue weighted by Crippen LogP contribution is -2.39. The van der Waals surface area contributed by atoms with Gasteiger partial charge in [0.2, 0.25) is 0 Å². The molecule has 3 nitrogen and oxygen atoms in total. The van der Waals surface area contributed by atoms with Crippen LogP contribution >= 0.6 is 0 Å². The van der Waals surface area contributed by atoms with Gasteiger partial charge in [-0.1, -0.05) is 57.4 Å². The highest BCUT2D eigenvalue weighted by atomic mass is 15.3. The van der Waals surface area contributed by atoms with Crippen molar-refractivity contribution in [1.29, 1.82) is 0 Å². The summed E-state index contributed by atoms with van der Waals surface area (Å²) in [5, 5.41) is 0. The molecular weight excluding hydrogens is 330 g/mol. The van der Waals surface area contributed by atoms with E-state index in [1.807, 2.05) is 6.07 Å². The predicted molar refractivity (Wildman–Crippen MR) is 114 cm³/mol. The molecule has 0 aromatic heterocycles. The number of anilines is 1. The van der Waals surface area contributed by atoms with Gasteiger partial charge in [-0.3, -0.25) is 4.90 Å². The van der Waals surface area contributed by atoms with Crippen LogP contribution in [0.25, 0.3) is 0 Å². The Labute approximate surface area is 162 Å². The van der Waals surface area contributed by atoms with E-state index in [1.54, 1.807) is 0 Å². The quantitative estimate of drug-likeness (QED) is 0.682. The Morgan fingerprint density at radius 1 is 1.07 bits per heavy atom. The second-order valence-electron chi connectivity index (χ2n) is 7.76. The first-order valence-corrected chi connectivity index (χ1v) is 9.69. The summed E-state index contributed by atoms with van der Waals surface area (Å²) in [6.45, 7) is 13.4. The summed E-state index contributed by atoms with van der Waals surface area (Å²) >= 11 is 0. The SMILES string of the molecule is C=C1C2=CCCC=C2N(C)C2=C1C(=C)N(c1ccccc1)C(CC(C)C)=N2. The molecule has 0 amide bonds. The molecule has 4 rings (SSSR count). The Morgan fingerprint density at radius 2 is 1.78 bits per heavy atom. The molecule has 0 N–H and O–H groups in total. The number of hydrogen-bond donors (Lipinski definition) is 0. The number of aliphatic imine (C=N–C) groups is 1. The zero-order valence-electron chi connectivity index (χ0n) is 16.5. The maximum Gasteiger partial charge on any atom is 0.144 e. The fourth-order valence-electron chi connectivity index (χ4n) is 4.07. The molecule has 0 atom stereocenters. The molecule has 1 aromatic rings. The van der Waals surface area contributed by atoms with E-state index in [0.29, 0.717) is 5.92 Å². The molecule has 0 saturated carbocycles. The van der Waals surface area contributed by atoms with Crippen molar-refractivity contribution in [1.82, 2.24) is 4.90 Å². The van der Waals surface area contributed by atoms with Crippen molar-refractivity contribution in [3.05, 3.63) is 89.6 Å². The molecule has 0 fully saturated rings. The van der Waals surface area contributed by atoms with Crippen molar-refractivity contribution in [2.45, 2.75) is 33.1 Å². The van der Waals surface area contributed by atoms with E-state index in [9.17, 15) is 0 Å². The molecule has 3 heteroatoms. The van der Waals surface area contributed by atoms with Gasteiger partial charge in [0.05, 0.1) is 5.70 Å². The van der Waals surface area contributed by atoms with Crippen LogP contribution in [0.5, 0.6) is 0 Å². The molecule has 1 aliphatic carbocycles. The molecule has 2 aliphatic heterocycles. The van der Waals surface area contributed by atoms with E-state index in [0.717, 1.165) is 53.4 Å². The molecule has 0 saturated heterocycles. The van der Waals surface area contributed by atoms with Crippen LogP contribution in [0.2, 0.25) is 0 Å². The fraction of sp³-hybridized carbons (Fsp3) is 0.292. The molecule has 2 heterocycles. The van der Waals surface area contributed by atoms with Crippen LogP contribution in [0.15, 0.2) is 94.6 Å². The predicted octanol–water partition coefficient (Wildman–Crippen LogP) is 5.78. The summed E-state index contributed by atoms with van der Waals surface area (Å²) in [5.41, 5.74) is 6.59. The van der Waals surface area contributed by atoms with Crippen molar-refractivity contribution < 1.29 is 0 Å². The van der Waals surface area contributed by atoms with E-state index in [-0.39, 0.29) is 0 Å². The highest BCUT2D eigenvalue weighted by Gasteiger charge is 2.36. The normalized spacial score (nSPS) is 19.6. The topological polar surface area (TPSA) is 18.8 Å². The smallest absolute Gasteiger partial charge is 0.144 e. The van der Waals surface area contributed by atoms with Gasteiger partial charge in [0.25, 0.3) is 0 Å². The lowest BCUT2D eigenvalue weighted by molar-refractivity contribution is 0.498. The van der Waals surface area contributed by atoms with Gasteiger partial charge in [-0.05, 0) is 36.5 Å². The largest absolute Gasteiger partial charge is 0.329 e. The number of nitrogens with zero attached hydrogens (tertiary/aromatic N) is 3. The van der Waals surface area contributed by atoms with Gasteiger partial charge in [-0.15, -0.1) is 0 Å². The lowest BCUT2D eigenvalue weighted by atomic mass is 9.85. The van der Waals surface area contributed by atoms with Gasteiger partial charge < -0.3 is 4.90 Å². The van der Waals surface area contributed by atoms with Gasteiger partial charge in [-0.2, -0.15) is 0 Å². The van der Waals surface area contributed by atoms with E-state index in [1.165, 1.54) is 11.3 Å². The van der Waals surface area contributed by atoms with Gasteiger partial charge in [0.1, 0.15) is 11.7 Å². The van der Waals surface area contributed by atoms with Crippen LogP contribution in [0.3, 0.4) is 0 Å². The molecule has 138 valence electrons. The Balaban J connectivity index is 1.88. The number of likely N-dealkylation sites (N-methyl/N-ethyl adjacent to an activating group) is 1. The average molecular weight is 358 g/mol. The summed E-state index contributed by atoms with van der Waals surface area (Å²) in [4.78, 5) is 9.55. The molecule has 1 aromatic carbocycles. The Kier molecular flexibility index (Phi) is 4.39. The second-order valence-corrected chi connectivity index (χ2v) is 7.76. The molecule has 0 unspecified atom stereocenters. The van der Waals surface area contributed by atoms with Crippen LogP contribution in [0, 0.1) is 5.92 Å². The maximum absolute atomic E-state index is 5.13. The Morgan fingerprint density at radius 3 is 2.48 bits per heavy atom. The van der Waals surface area contributed by atoms with Gasteiger partial charge >= 0.3 is 0 Å². The highest BCUT2D eigenvalue weighted by molar-refractivity contribution is 6.04. The number of allylic oxidation sites excluding steroid dienone is 4. The van der Waals surface area contributed by atoms with Crippen molar-refractivity contribution in [2.75, 3.05) is 11.9 Å². The van der Waals surface area contributed by atoms with E-state index in [4.69, 9.17) is 4.99 Å². The van der Waals surface area contributed by atoms with Gasteiger partial charge in [-0.25, -0.2) is 4.99 Å². The van der Waals surface area contributed by atoms with E-state index < -0.39 is 0 Å². The number of hydrogen-bond acceptors (Lipinski definition) is 3. The van der Waals surface area contributed by atoms with Crippen LogP contribution in [-0.4, -0.2) is 17.8 Å². The summed E-state index contributed by atoms with van der Waals surface area (Å²) in [5.74, 6) is 2.52. The van der Waals surface area contributed by atoms with Crippen LogP contribution in [-0.2, 0) is 0 Å². The highest BCUT2D eigenvalue weighted by Crippen LogP contribution is 2.45. The number of para-hydroxylation sites is 1. The van der Waals surface area contributed by atoms with E-state index in [2.05, 4.69) is 80.3 Å². The third-order valence-corrected chi connectivity index (χ3v) is 5.32.